The van der Waals surface area contributed by atoms with E-state index < -0.39 is 4.92 Å². The van der Waals surface area contributed by atoms with E-state index in [1.165, 1.54) is 18.2 Å². The number of pyridine rings is 1. The fourth-order valence-electron chi connectivity index (χ4n) is 1.59. The van der Waals surface area contributed by atoms with Crippen LogP contribution in [0, 0.1) is 10.1 Å². The predicted molar refractivity (Wildman–Crippen MR) is 74.7 cm³/mol. The molecule has 0 atom stereocenters. The van der Waals surface area contributed by atoms with E-state index in [1.54, 1.807) is 24.5 Å². The van der Waals surface area contributed by atoms with Crippen molar-refractivity contribution < 1.29 is 14.5 Å². The highest BCUT2D eigenvalue weighted by Crippen LogP contribution is 2.18. The normalized spacial score (nSPS) is 9.90. The number of carbonyl (C=O) groups excluding carboxylic acids is 1. The number of aromatic nitrogens is 1. The highest BCUT2D eigenvalue weighted by Gasteiger charge is 2.08. The highest BCUT2D eigenvalue weighted by molar-refractivity contribution is 5.77. The molecule has 1 aromatic heterocycles. The van der Waals surface area contributed by atoms with Crippen molar-refractivity contribution in [3.63, 3.8) is 0 Å². The molecule has 0 aliphatic heterocycles. The van der Waals surface area contributed by atoms with Crippen molar-refractivity contribution in [2.75, 3.05) is 6.61 Å². The number of nitro groups is 1. The van der Waals surface area contributed by atoms with Crippen LogP contribution in [0.2, 0.25) is 0 Å². The summed E-state index contributed by atoms with van der Waals surface area (Å²) in [6.45, 7) is 0.145. The van der Waals surface area contributed by atoms with Gasteiger partial charge in [0.1, 0.15) is 5.75 Å². The Kier molecular flexibility index (Phi) is 4.81. The zero-order valence-corrected chi connectivity index (χ0v) is 11.1. The van der Waals surface area contributed by atoms with Gasteiger partial charge in [-0.15, -0.1) is 0 Å². The van der Waals surface area contributed by atoms with Gasteiger partial charge in [-0.25, -0.2) is 0 Å². The maximum atomic E-state index is 11.6. The topological polar surface area (TPSA) is 94.4 Å². The van der Waals surface area contributed by atoms with Crippen LogP contribution < -0.4 is 10.1 Å². The lowest BCUT2D eigenvalue weighted by Gasteiger charge is -2.07. The molecule has 1 heterocycles. The Labute approximate surface area is 120 Å². The van der Waals surface area contributed by atoms with Gasteiger partial charge in [-0.05, 0) is 17.7 Å². The number of ether oxygens (including phenoxy) is 1. The third-order valence-electron chi connectivity index (χ3n) is 2.61. The lowest BCUT2D eigenvalue weighted by atomic mass is 10.3. The van der Waals surface area contributed by atoms with Crippen LogP contribution in [0.15, 0.2) is 48.8 Å². The second-order valence-corrected chi connectivity index (χ2v) is 4.18. The minimum Gasteiger partial charge on any atom is -0.484 e. The Morgan fingerprint density at radius 1 is 1.33 bits per heavy atom. The third kappa shape index (κ3) is 4.57. The molecular weight excluding hydrogens is 274 g/mol. The van der Waals surface area contributed by atoms with Gasteiger partial charge in [0.2, 0.25) is 0 Å². The number of nitrogens with one attached hydrogen (secondary N) is 1. The number of nitrogens with zero attached hydrogens (tertiary/aromatic N) is 2. The first-order chi connectivity index (χ1) is 10.1. The number of benzene rings is 1. The number of non-ortho nitro benzene ring substituents is 1. The number of rotatable bonds is 6. The molecule has 2 aromatic rings. The zero-order valence-electron chi connectivity index (χ0n) is 11.1. The summed E-state index contributed by atoms with van der Waals surface area (Å²) >= 11 is 0. The molecule has 1 N–H and O–H groups in total. The molecule has 0 fully saturated rings. The van der Waals surface area contributed by atoms with E-state index >= 15 is 0 Å². The maximum Gasteiger partial charge on any atom is 0.273 e. The van der Waals surface area contributed by atoms with Crippen molar-refractivity contribution in [1.29, 1.82) is 0 Å². The summed E-state index contributed by atoms with van der Waals surface area (Å²) in [7, 11) is 0. The van der Waals surface area contributed by atoms with Crippen LogP contribution in [0.25, 0.3) is 0 Å². The first kappa shape index (κ1) is 14.4. The molecule has 0 radical (unpaired) electrons. The molecular formula is C14H13N3O4. The standard InChI is InChI=1S/C14H13N3O4/c18-14(16-9-11-3-2-6-15-8-11)10-21-13-5-1-4-12(7-13)17(19)20/h1-8H,9-10H2,(H,16,18). The third-order valence-corrected chi connectivity index (χ3v) is 2.61. The number of nitro benzene ring substituents is 1. The summed E-state index contributed by atoms with van der Waals surface area (Å²) in [4.78, 5) is 25.7. The average Bonchev–Trinajstić information content (AvgIpc) is 2.52. The second kappa shape index (κ2) is 6.99. The first-order valence-corrected chi connectivity index (χ1v) is 6.18. The molecule has 0 unspecified atom stereocenters. The van der Waals surface area contributed by atoms with Gasteiger partial charge < -0.3 is 10.1 Å². The molecule has 108 valence electrons. The van der Waals surface area contributed by atoms with Crippen molar-refractivity contribution >= 4 is 11.6 Å². The maximum absolute atomic E-state index is 11.6. The molecule has 7 heteroatoms. The molecule has 2 rings (SSSR count). The van der Waals surface area contributed by atoms with E-state index in [0.717, 1.165) is 5.56 Å². The van der Waals surface area contributed by atoms with E-state index in [1.807, 2.05) is 6.07 Å². The lowest BCUT2D eigenvalue weighted by Crippen LogP contribution is -2.28. The molecule has 0 saturated heterocycles. The molecule has 0 bridgehead atoms. The van der Waals surface area contributed by atoms with E-state index in [0.29, 0.717) is 6.54 Å². The number of hydrogen-bond donors (Lipinski definition) is 1. The Hall–Kier alpha value is -2.96. The van der Waals surface area contributed by atoms with Crippen LogP contribution in [0.3, 0.4) is 0 Å². The van der Waals surface area contributed by atoms with Crippen LogP contribution in [0.1, 0.15) is 5.56 Å². The molecule has 7 nitrogen and oxygen atoms in total. The van der Waals surface area contributed by atoms with Crippen molar-refractivity contribution in [1.82, 2.24) is 10.3 Å². The van der Waals surface area contributed by atoms with Gasteiger partial charge in [-0.2, -0.15) is 0 Å². The van der Waals surface area contributed by atoms with E-state index in [-0.39, 0.29) is 24.0 Å². The second-order valence-electron chi connectivity index (χ2n) is 4.18. The minimum atomic E-state index is -0.519. The Balaban J connectivity index is 1.81. The Morgan fingerprint density at radius 3 is 2.90 bits per heavy atom. The minimum absolute atomic E-state index is 0.0803. The average molecular weight is 287 g/mol. The fourth-order valence-corrected chi connectivity index (χ4v) is 1.59. The van der Waals surface area contributed by atoms with Crippen LogP contribution >= 0.6 is 0 Å². The summed E-state index contributed by atoms with van der Waals surface area (Å²) in [5, 5.41) is 13.3. The fraction of sp³-hybridized carbons (Fsp3) is 0.143. The molecule has 0 aliphatic rings. The van der Waals surface area contributed by atoms with Gasteiger partial charge in [0, 0.05) is 25.0 Å². The molecule has 0 saturated carbocycles. The summed E-state index contributed by atoms with van der Waals surface area (Å²) in [5.74, 6) is -0.0360. The Morgan fingerprint density at radius 2 is 2.19 bits per heavy atom. The van der Waals surface area contributed by atoms with Gasteiger partial charge in [0.05, 0.1) is 11.0 Å². The zero-order chi connectivity index (χ0) is 15.1. The van der Waals surface area contributed by atoms with Crippen molar-refractivity contribution in [3.8, 4) is 5.75 Å². The summed E-state index contributed by atoms with van der Waals surface area (Å²) in [6.07, 6.45) is 3.30. The van der Waals surface area contributed by atoms with Crippen molar-refractivity contribution in [2.24, 2.45) is 0 Å². The summed E-state index contributed by atoms with van der Waals surface area (Å²) < 4.78 is 5.21. The van der Waals surface area contributed by atoms with Crippen molar-refractivity contribution in [3.05, 3.63) is 64.5 Å². The van der Waals surface area contributed by atoms with Crippen molar-refractivity contribution in [2.45, 2.75) is 6.54 Å². The number of carbonyl (C=O) groups is 1. The monoisotopic (exact) mass is 287 g/mol. The van der Waals surface area contributed by atoms with Crippen LogP contribution in [-0.4, -0.2) is 22.4 Å². The SMILES string of the molecule is O=C(COc1cccc([N+](=O)[O-])c1)NCc1cccnc1. The lowest BCUT2D eigenvalue weighted by molar-refractivity contribution is -0.384. The molecule has 0 aliphatic carbocycles. The van der Waals surface area contributed by atoms with Gasteiger partial charge in [0.25, 0.3) is 11.6 Å². The summed E-state index contributed by atoms with van der Waals surface area (Å²) in [5.41, 5.74) is 0.796. The van der Waals surface area contributed by atoms with Gasteiger partial charge in [0.15, 0.2) is 6.61 Å². The quantitative estimate of drug-likeness (QED) is 0.644. The summed E-state index contributed by atoms with van der Waals surface area (Å²) in [6, 6.07) is 9.31. The van der Waals surface area contributed by atoms with E-state index in [2.05, 4.69) is 10.3 Å². The van der Waals surface area contributed by atoms with Gasteiger partial charge in [-0.1, -0.05) is 12.1 Å². The predicted octanol–water partition coefficient (Wildman–Crippen LogP) is 1.68. The molecule has 21 heavy (non-hydrogen) atoms. The smallest absolute Gasteiger partial charge is 0.273 e. The molecule has 1 amide bonds. The molecule has 1 aromatic carbocycles. The van der Waals surface area contributed by atoms with E-state index in [4.69, 9.17) is 4.74 Å². The first-order valence-electron chi connectivity index (χ1n) is 6.18. The molecule has 0 spiro atoms. The number of hydrogen-bond acceptors (Lipinski definition) is 5. The Bertz CT molecular complexity index is 631. The van der Waals surface area contributed by atoms with Gasteiger partial charge in [-0.3, -0.25) is 19.9 Å². The van der Waals surface area contributed by atoms with Crippen LogP contribution in [-0.2, 0) is 11.3 Å². The highest BCUT2D eigenvalue weighted by atomic mass is 16.6. The van der Waals surface area contributed by atoms with E-state index in [9.17, 15) is 14.9 Å². The van der Waals surface area contributed by atoms with Crippen LogP contribution in [0.5, 0.6) is 5.75 Å². The largest absolute Gasteiger partial charge is 0.484 e. The van der Waals surface area contributed by atoms with Gasteiger partial charge >= 0.3 is 0 Å². The van der Waals surface area contributed by atoms with Crippen LogP contribution in [0.4, 0.5) is 5.69 Å². The number of amides is 1.